The third kappa shape index (κ3) is 3.68. The molecular weight excluding hydrogens is 379 g/mol. The molecule has 0 aliphatic heterocycles. The van der Waals surface area contributed by atoms with E-state index in [0.29, 0.717) is 22.3 Å². The zero-order valence-corrected chi connectivity index (χ0v) is 15.4. The van der Waals surface area contributed by atoms with Crippen molar-refractivity contribution in [1.29, 1.82) is 5.26 Å². The molecule has 0 radical (unpaired) electrons. The Morgan fingerprint density at radius 3 is 2.31 bits per heavy atom. The molecule has 3 rings (SSSR count). The average Bonchev–Trinajstić information content (AvgIpc) is 2.65. The largest absolute Gasteiger partial charge is 0.476 e. The molecule has 0 aliphatic rings. The number of rotatable bonds is 4. The number of carbonyl (C=O) groups is 1. The van der Waals surface area contributed by atoms with Crippen molar-refractivity contribution in [3.63, 3.8) is 0 Å². The number of aromatic carboxylic acids is 1. The van der Waals surface area contributed by atoms with Crippen LogP contribution in [0.5, 0.6) is 0 Å². The maximum atomic E-state index is 13.2. The first-order valence-corrected chi connectivity index (χ1v) is 8.46. The van der Waals surface area contributed by atoms with Gasteiger partial charge in [-0.05, 0) is 60.4 Å². The summed E-state index contributed by atoms with van der Waals surface area (Å²) in [5.41, 5.74) is 0.0273. The van der Waals surface area contributed by atoms with Gasteiger partial charge in [0.1, 0.15) is 5.82 Å². The molecule has 0 spiro atoms. The van der Waals surface area contributed by atoms with E-state index in [2.05, 4.69) is 11.2 Å². The van der Waals surface area contributed by atoms with Crippen LogP contribution in [0.4, 0.5) is 4.39 Å². The van der Waals surface area contributed by atoms with Gasteiger partial charge in [-0.25, -0.2) is 14.0 Å². The molecule has 2 N–H and O–H groups in total. The highest BCUT2D eigenvalue weighted by Crippen LogP contribution is 2.31. The summed E-state index contributed by atoms with van der Waals surface area (Å²) < 4.78 is 14.0. The first kappa shape index (κ1) is 19.7. The van der Waals surface area contributed by atoms with Crippen LogP contribution in [0.15, 0.2) is 46.0 Å². The predicted octanol–water partition coefficient (Wildman–Crippen LogP) is 2.03. The maximum absolute atomic E-state index is 13.2. The molecule has 0 fully saturated rings. The number of nitrogens with one attached hydrogen (secondary N) is 1. The molecule has 146 valence electrons. The Morgan fingerprint density at radius 2 is 1.79 bits per heavy atom. The number of aromatic nitrogens is 3. The molecule has 2 aromatic carbocycles. The molecule has 1 unspecified atom stereocenters. The van der Waals surface area contributed by atoms with Crippen LogP contribution in [0.1, 0.15) is 38.7 Å². The van der Waals surface area contributed by atoms with Crippen molar-refractivity contribution < 1.29 is 14.3 Å². The van der Waals surface area contributed by atoms with Gasteiger partial charge in [0, 0.05) is 0 Å². The maximum Gasteiger partial charge on any atom is 0.362 e. The van der Waals surface area contributed by atoms with Crippen molar-refractivity contribution in [3.8, 4) is 11.8 Å². The van der Waals surface area contributed by atoms with Crippen molar-refractivity contribution in [1.82, 2.24) is 14.8 Å². The van der Waals surface area contributed by atoms with Gasteiger partial charge in [-0.15, -0.1) is 0 Å². The molecular formula is C20H15FN4O4. The number of carboxylic acids is 1. The minimum absolute atomic E-state index is 0.239. The summed E-state index contributed by atoms with van der Waals surface area (Å²) in [4.78, 5) is 36.8. The summed E-state index contributed by atoms with van der Waals surface area (Å²) >= 11 is 0. The number of nitriles is 1. The fourth-order valence-corrected chi connectivity index (χ4v) is 3.21. The average molecular weight is 394 g/mol. The summed E-state index contributed by atoms with van der Waals surface area (Å²) in [5.74, 6) is -2.64. The minimum Gasteiger partial charge on any atom is -0.476 e. The molecule has 0 aliphatic carbocycles. The summed E-state index contributed by atoms with van der Waals surface area (Å²) in [7, 11) is 0. The van der Waals surface area contributed by atoms with Crippen LogP contribution in [0.2, 0.25) is 0 Å². The number of carboxylic acid groups (broad SMARTS) is 1. The molecule has 0 amide bonds. The first-order chi connectivity index (χ1) is 13.7. The second-order valence-electron chi connectivity index (χ2n) is 6.43. The smallest absolute Gasteiger partial charge is 0.362 e. The van der Waals surface area contributed by atoms with Crippen LogP contribution in [0, 0.1) is 31.0 Å². The van der Waals surface area contributed by atoms with Crippen LogP contribution in [-0.2, 0) is 0 Å². The van der Waals surface area contributed by atoms with Crippen molar-refractivity contribution >= 4 is 5.97 Å². The SMILES string of the molecule is Cc1cc(-n2nc(C(=O)O)c(=O)[nH]c2=O)cc(C)c1C(C#N)c1ccc(F)cc1. The highest BCUT2D eigenvalue weighted by molar-refractivity contribution is 5.84. The van der Waals surface area contributed by atoms with Gasteiger partial charge < -0.3 is 5.11 Å². The molecule has 8 nitrogen and oxygen atoms in total. The van der Waals surface area contributed by atoms with Gasteiger partial charge in [-0.1, -0.05) is 12.1 Å². The molecule has 1 heterocycles. The summed E-state index contributed by atoms with van der Waals surface area (Å²) in [5, 5.41) is 22.4. The predicted molar refractivity (Wildman–Crippen MR) is 101 cm³/mol. The van der Waals surface area contributed by atoms with E-state index in [-0.39, 0.29) is 5.69 Å². The van der Waals surface area contributed by atoms with Gasteiger partial charge in [0.05, 0.1) is 17.7 Å². The van der Waals surface area contributed by atoms with Crippen molar-refractivity contribution in [2.45, 2.75) is 19.8 Å². The monoisotopic (exact) mass is 394 g/mol. The zero-order valence-electron chi connectivity index (χ0n) is 15.4. The van der Waals surface area contributed by atoms with Gasteiger partial charge >= 0.3 is 11.7 Å². The highest BCUT2D eigenvalue weighted by atomic mass is 19.1. The van der Waals surface area contributed by atoms with Crippen LogP contribution < -0.4 is 11.2 Å². The summed E-state index contributed by atoms with van der Waals surface area (Å²) in [6.07, 6.45) is 0. The van der Waals surface area contributed by atoms with Crippen LogP contribution in [0.3, 0.4) is 0 Å². The molecule has 0 saturated heterocycles. The fourth-order valence-electron chi connectivity index (χ4n) is 3.21. The Hall–Kier alpha value is -4.06. The minimum atomic E-state index is -1.56. The van der Waals surface area contributed by atoms with Gasteiger partial charge in [0.25, 0.3) is 5.56 Å². The van der Waals surface area contributed by atoms with E-state index in [9.17, 15) is 24.0 Å². The first-order valence-electron chi connectivity index (χ1n) is 8.46. The zero-order chi connectivity index (χ0) is 21.3. The van der Waals surface area contributed by atoms with E-state index in [1.807, 2.05) is 4.98 Å². The standard InChI is InChI=1S/C20H15FN4O4/c1-10-7-14(25-20(29)23-18(26)17(24-25)19(27)28)8-11(2)16(10)15(9-22)12-3-5-13(21)6-4-12/h3-8,15H,1-2H3,(H,27,28)(H,23,26,29). The lowest BCUT2D eigenvalue weighted by Gasteiger charge is -2.18. The second-order valence-corrected chi connectivity index (χ2v) is 6.43. The topological polar surface area (TPSA) is 129 Å². The summed E-state index contributed by atoms with van der Waals surface area (Å²) in [6, 6.07) is 10.9. The van der Waals surface area contributed by atoms with Crippen molar-refractivity contribution in [3.05, 3.63) is 91.0 Å². The third-order valence-electron chi connectivity index (χ3n) is 4.47. The second kappa shape index (κ2) is 7.52. The number of H-pyrrole nitrogens is 1. The molecule has 0 saturated carbocycles. The number of hydrogen-bond acceptors (Lipinski definition) is 5. The van der Waals surface area contributed by atoms with Crippen LogP contribution in [-0.4, -0.2) is 25.8 Å². The summed E-state index contributed by atoms with van der Waals surface area (Å²) in [6.45, 7) is 3.46. The molecule has 3 aromatic rings. The molecule has 1 aromatic heterocycles. The van der Waals surface area contributed by atoms with Gasteiger partial charge in [0.15, 0.2) is 0 Å². The van der Waals surface area contributed by atoms with E-state index in [4.69, 9.17) is 5.11 Å². The van der Waals surface area contributed by atoms with Crippen LogP contribution >= 0.6 is 0 Å². The van der Waals surface area contributed by atoms with E-state index in [1.165, 1.54) is 24.3 Å². The normalized spacial score (nSPS) is 11.7. The Bertz CT molecular complexity index is 1250. The number of nitrogens with zero attached hydrogens (tertiary/aromatic N) is 3. The van der Waals surface area contributed by atoms with Gasteiger partial charge in [-0.2, -0.15) is 15.0 Å². The van der Waals surface area contributed by atoms with E-state index in [1.54, 1.807) is 26.0 Å². The number of aryl methyl sites for hydroxylation is 2. The highest BCUT2D eigenvalue weighted by Gasteiger charge is 2.21. The number of aromatic amines is 1. The van der Waals surface area contributed by atoms with E-state index < -0.39 is 34.6 Å². The molecule has 1 atom stereocenters. The number of hydrogen-bond donors (Lipinski definition) is 2. The Balaban J connectivity index is 2.16. The number of benzene rings is 2. The van der Waals surface area contributed by atoms with Crippen LogP contribution in [0.25, 0.3) is 5.69 Å². The molecule has 0 bridgehead atoms. The van der Waals surface area contributed by atoms with E-state index in [0.717, 1.165) is 4.68 Å². The molecule has 29 heavy (non-hydrogen) atoms. The lowest BCUT2D eigenvalue weighted by Crippen LogP contribution is -2.35. The van der Waals surface area contributed by atoms with Crippen molar-refractivity contribution in [2.24, 2.45) is 0 Å². The molecule has 9 heteroatoms. The Labute approximate surface area is 163 Å². The third-order valence-corrected chi connectivity index (χ3v) is 4.47. The Morgan fingerprint density at radius 1 is 1.21 bits per heavy atom. The lowest BCUT2D eigenvalue weighted by atomic mass is 9.86. The fraction of sp³-hybridized carbons (Fsp3) is 0.150. The van der Waals surface area contributed by atoms with Gasteiger partial charge in [-0.3, -0.25) is 9.78 Å². The Kier molecular flexibility index (Phi) is 5.10. The van der Waals surface area contributed by atoms with Gasteiger partial charge in [0.2, 0.25) is 5.69 Å². The van der Waals surface area contributed by atoms with E-state index >= 15 is 0 Å². The lowest BCUT2D eigenvalue weighted by molar-refractivity contribution is 0.0685. The quantitative estimate of drug-likeness (QED) is 0.697. The van der Waals surface area contributed by atoms with Crippen molar-refractivity contribution in [2.75, 3.05) is 0 Å². The number of halogens is 1.